The van der Waals surface area contributed by atoms with Gasteiger partial charge in [-0.25, -0.2) is 14.3 Å². The van der Waals surface area contributed by atoms with E-state index in [1.54, 1.807) is 6.20 Å². The molecule has 6 heteroatoms. The van der Waals surface area contributed by atoms with Gasteiger partial charge in [0.2, 0.25) is 0 Å². The van der Waals surface area contributed by atoms with Gasteiger partial charge in [0.1, 0.15) is 5.52 Å². The molecule has 0 N–H and O–H groups in total. The van der Waals surface area contributed by atoms with Crippen molar-refractivity contribution in [2.75, 3.05) is 7.11 Å². The number of carbonyl (C=O) groups is 1. The summed E-state index contributed by atoms with van der Waals surface area (Å²) >= 11 is 5.79. The van der Waals surface area contributed by atoms with Crippen molar-refractivity contribution in [1.82, 2.24) is 14.6 Å². The molecule has 0 atom stereocenters. The van der Waals surface area contributed by atoms with Crippen LogP contribution < -0.4 is 0 Å². The lowest BCUT2D eigenvalue weighted by molar-refractivity contribution is 0.0593. The maximum absolute atomic E-state index is 11.1. The van der Waals surface area contributed by atoms with Crippen LogP contribution in [0.2, 0.25) is 5.15 Å². The fourth-order valence-electron chi connectivity index (χ4n) is 1.09. The number of esters is 1. The number of halogens is 1. The average Bonchev–Trinajstić information content (AvgIpc) is 2.62. The first-order valence-corrected chi connectivity index (χ1v) is 4.18. The van der Waals surface area contributed by atoms with Crippen LogP contribution in [-0.4, -0.2) is 27.7 Å². The second-order valence-corrected chi connectivity index (χ2v) is 2.93. The molecule has 14 heavy (non-hydrogen) atoms. The number of fused-ring (bicyclic) bond motifs is 1. The quantitative estimate of drug-likeness (QED) is 0.665. The van der Waals surface area contributed by atoms with Crippen molar-refractivity contribution in [3.05, 3.63) is 29.3 Å². The zero-order valence-corrected chi connectivity index (χ0v) is 8.02. The molecule has 0 radical (unpaired) electrons. The Morgan fingerprint density at radius 1 is 1.64 bits per heavy atom. The maximum Gasteiger partial charge on any atom is 0.358 e. The van der Waals surface area contributed by atoms with Crippen LogP contribution >= 0.6 is 11.6 Å². The van der Waals surface area contributed by atoms with Crippen molar-refractivity contribution in [3.8, 4) is 0 Å². The summed E-state index contributed by atoms with van der Waals surface area (Å²) in [4.78, 5) is 15.0. The van der Waals surface area contributed by atoms with Gasteiger partial charge in [-0.1, -0.05) is 11.6 Å². The molecule has 0 fully saturated rings. The molecular formula is C8H6ClN3O2. The highest BCUT2D eigenvalue weighted by Crippen LogP contribution is 2.14. The predicted octanol–water partition coefficient (Wildman–Crippen LogP) is 1.17. The second kappa shape index (κ2) is 3.26. The highest BCUT2D eigenvalue weighted by molar-refractivity contribution is 6.32. The van der Waals surface area contributed by atoms with E-state index in [1.807, 2.05) is 0 Å². The van der Waals surface area contributed by atoms with Crippen LogP contribution in [-0.2, 0) is 4.74 Å². The molecule has 2 heterocycles. The number of nitrogens with zero attached hydrogens (tertiary/aromatic N) is 3. The summed E-state index contributed by atoms with van der Waals surface area (Å²) in [6, 6.07) is 1.53. The summed E-state index contributed by atoms with van der Waals surface area (Å²) in [5.74, 6) is -0.496. The number of ether oxygens (including phenoxy) is 1. The minimum absolute atomic E-state index is 0.211. The van der Waals surface area contributed by atoms with E-state index in [0.29, 0.717) is 10.7 Å². The molecule has 5 nitrogen and oxygen atoms in total. The second-order valence-electron chi connectivity index (χ2n) is 2.57. The van der Waals surface area contributed by atoms with Crippen LogP contribution in [0.25, 0.3) is 5.52 Å². The number of carbonyl (C=O) groups excluding carboxylic acids is 1. The van der Waals surface area contributed by atoms with Crippen molar-refractivity contribution in [3.63, 3.8) is 0 Å². The van der Waals surface area contributed by atoms with Gasteiger partial charge < -0.3 is 4.74 Å². The van der Waals surface area contributed by atoms with Crippen molar-refractivity contribution in [2.24, 2.45) is 0 Å². The van der Waals surface area contributed by atoms with Crippen LogP contribution in [0.4, 0.5) is 0 Å². The summed E-state index contributed by atoms with van der Waals surface area (Å²) in [5.41, 5.74) is 0.789. The summed E-state index contributed by atoms with van der Waals surface area (Å²) in [6.45, 7) is 0. The molecule has 0 saturated carbocycles. The zero-order valence-electron chi connectivity index (χ0n) is 7.27. The Hall–Kier alpha value is -1.62. The fraction of sp³-hybridized carbons (Fsp3) is 0.125. The lowest BCUT2D eigenvalue weighted by atomic mass is 10.4. The third kappa shape index (κ3) is 1.31. The fourth-order valence-corrected chi connectivity index (χ4v) is 1.29. The normalized spacial score (nSPS) is 10.4. The van der Waals surface area contributed by atoms with Gasteiger partial charge in [0.15, 0.2) is 10.8 Å². The molecule has 0 aliphatic heterocycles. The maximum atomic E-state index is 11.1. The minimum Gasteiger partial charge on any atom is -0.464 e. The molecule has 72 valence electrons. The van der Waals surface area contributed by atoms with E-state index in [0.717, 1.165) is 0 Å². The number of hydrogen-bond acceptors (Lipinski definition) is 4. The van der Waals surface area contributed by atoms with E-state index >= 15 is 0 Å². The molecule has 2 rings (SSSR count). The molecular weight excluding hydrogens is 206 g/mol. The van der Waals surface area contributed by atoms with Crippen molar-refractivity contribution in [1.29, 1.82) is 0 Å². The number of aromatic nitrogens is 3. The van der Waals surface area contributed by atoms with Gasteiger partial charge in [0.25, 0.3) is 0 Å². The van der Waals surface area contributed by atoms with Crippen LogP contribution in [0.3, 0.4) is 0 Å². The molecule has 0 amide bonds. The Balaban J connectivity index is 2.62. The molecule has 0 aliphatic carbocycles. The first kappa shape index (κ1) is 8.96. The van der Waals surface area contributed by atoms with Gasteiger partial charge in [-0.2, -0.15) is 5.10 Å². The monoisotopic (exact) mass is 211 g/mol. The Labute approximate surface area is 84.3 Å². The Morgan fingerprint density at radius 3 is 3.07 bits per heavy atom. The molecule has 0 saturated heterocycles. The molecule has 2 aromatic heterocycles. The van der Waals surface area contributed by atoms with E-state index in [-0.39, 0.29) is 5.69 Å². The molecule has 0 bridgehead atoms. The lowest BCUT2D eigenvalue weighted by Crippen LogP contribution is -2.01. The van der Waals surface area contributed by atoms with Gasteiger partial charge >= 0.3 is 5.97 Å². The Bertz CT molecular complexity index is 494. The number of hydrogen-bond donors (Lipinski definition) is 0. The third-order valence-electron chi connectivity index (χ3n) is 1.74. The third-order valence-corrected chi connectivity index (χ3v) is 2.03. The van der Waals surface area contributed by atoms with E-state index in [9.17, 15) is 4.79 Å². The van der Waals surface area contributed by atoms with Crippen molar-refractivity contribution >= 4 is 23.1 Å². The van der Waals surface area contributed by atoms with Crippen LogP contribution in [0.15, 0.2) is 18.5 Å². The van der Waals surface area contributed by atoms with E-state index in [2.05, 4.69) is 14.8 Å². The molecule has 2 aromatic rings. The van der Waals surface area contributed by atoms with Gasteiger partial charge in [-0.3, -0.25) is 0 Å². The smallest absolute Gasteiger partial charge is 0.358 e. The standard InChI is InChI=1S/C8H6ClN3O2/c1-14-8(13)5-4-6-7(9)10-2-3-12(6)11-5/h2-4H,1H3. The largest absolute Gasteiger partial charge is 0.464 e. The Kier molecular flexibility index (Phi) is 2.09. The first-order chi connectivity index (χ1) is 6.72. The SMILES string of the molecule is COC(=O)c1cc2c(Cl)nccn2n1. The number of rotatable bonds is 1. The number of methoxy groups -OCH3 is 1. The topological polar surface area (TPSA) is 56.5 Å². The van der Waals surface area contributed by atoms with Gasteiger partial charge in [-0.15, -0.1) is 0 Å². The van der Waals surface area contributed by atoms with Gasteiger partial charge in [-0.05, 0) is 0 Å². The minimum atomic E-state index is -0.496. The molecule has 0 unspecified atom stereocenters. The average molecular weight is 212 g/mol. The van der Waals surface area contributed by atoms with E-state index in [4.69, 9.17) is 11.6 Å². The van der Waals surface area contributed by atoms with Crippen molar-refractivity contribution < 1.29 is 9.53 Å². The van der Waals surface area contributed by atoms with Crippen LogP contribution in [0.1, 0.15) is 10.5 Å². The van der Waals surface area contributed by atoms with Gasteiger partial charge in [0, 0.05) is 18.5 Å². The molecule has 0 aliphatic rings. The van der Waals surface area contributed by atoms with E-state index in [1.165, 1.54) is 23.9 Å². The zero-order chi connectivity index (χ0) is 10.1. The summed E-state index contributed by atoms with van der Waals surface area (Å²) in [7, 11) is 1.30. The molecule has 0 spiro atoms. The highest BCUT2D eigenvalue weighted by Gasteiger charge is 2.12. The molecule has 0 aromatic carbocycles. The predicted molar refractivity (Wildman–Crippen MR) is 49.3 cm³/mol. The van der Waals surface area contributed by atoms with Crippen LogP contribution in [0, 0.1) is 0 Å². The summed E-state index contributed by atoms with van der Waals surface area (Å²) < 4.78 is 6.00. The highest BCUT2D eigenvalue weighted by atomic mass is 35.5. The lowest BCUT2D eigenvalue weighted by Gasteiger charge is -1.91. The summed E-state index contributed by atoms with van der Waals surface area (Å²) in [6.07, 6.45) is 3.11. The Morgan fingerprint density at radius 2 is 2.43 bits per heavy atom. The van der Waals surface area contributed by atoms with Gasteiger partial charge in [0.05, 0.1) is 7.11 Å². The van der Waals surface area contributed by atoms with Crippen molar-refractivity contribution in [2.45, 2.75) is 0 Å². The first-order valence-electron chi connectivity index (χ1n) is 3.80. The summed E-state index contributed by atoms with van der Waals surface area (Å²) in [5, 5.41) is 4.26. The van der Waals surface area contributed by atoms with E-state index < -0.39 is 5.97 Å². The van der Waals surface area contributed by atoms with Crippen LogP contribution in [0.5, 0.6) is 0 Å².